The van der Waals surface area contributed by atoms with Crippen molar-refractivity contribution >= 4 is 5.91 Å². The van der Waals surface area contributed by atoms with Crippen molar-refractivity contribution < 1.29 is 14.6 Å². The second-order valence-corrected chi connectivity index (χ2v) is 6.09. The number of hydrogen-bond acceptors (Lipinski definition) is 3. The minimum Gasteiger partial charge on any atom is -0.484 e. The fourth-order valence-corrected chi connectivity index (χ4v) is 2.00. The van der Waals surface area contributed by atoms with Crippen LogP contribution in [0.2, 0.25) is 0 Å². The maximum absolute atomic E-state index is 11.9. The summed E-state index contributed by atoms with van der Waals surface area (Å²) in [5.74, 6) is 1.34. The van der Waals surface area contributed by atoms with Gasteiger partial charge in [-0.3, -0.25) is 4.79 Å². The van der Waals surface area contributed by atoms with Gasteiger partial charge in [-0.15, -0.1) is 0 Å². The summed E-state index contributed by atoms with van der Waals surface area (Å²) in [4.78, 5) is 13.6. The summed E-state index contributed by atoms with van der Waals surface area (Å²) < 4.78 is 5.49. The number of benzene rings is 1. The molecule has 1 aliphatic rings. The van der Waals surface area contributed by atoms with Crippen LogP contribution in [0.15, 0.2) is 24.3 Å². The zero-order chi connectivity index (χ0) is 14.8. The van der Waals surface area contributed by atoms with Gasteiger partial charge in [0.05, 0.1) is 5.60 Å². The van der Waals surface area contributed by atoms with E-state index in [1.165, 1.54) is 12.8 Å². The average molecular weight is 277 g/mol. The highest BCUT2D eigenvalue weighted by atomic mass is 16.5. The Morgan fingerprint density at radius 2 is 1.95 bits per heavy atom. The maximum atomic E-state index is 11.9. The molecule has 0 aromatic heterocycles. The van der Waals surface area contributed by atoms with E-state index in [-0.39, 0.29) is 12.5 Å². The minimum atomic E-state index is -0.862. The molecule has 4 nitrogen and oxygen atoms in total. The molecule has 1 aromatic rings. The molecule has 0 radical (unpaired) electrons. The SMILES string of the molecule is CN(CC1CC1)C(=O)COc1ccc(C(C)(C)O)cc1. The zero-order valence-corrected chi connectivity index (χ0v) is 12.4. The summed E-state index contributed by atoms with van der Waals surface area (Å²) in [7, 11) is 1.82. The normalized spacial score (nSPS) is 15.0. The van der Waals surface area contributed by atoms with E-state index in [1.807, 2.05) is 19.2 Å². The van der Waals surface area contributed by atoms with Crippen LogP contribution < -0.4 is 4.74 Å². The summed E-state index contributed by atoms with van der Waals surface area (Å²) in [5.41, 5.74) is -0.0409. The van der Waals surface area contributed by atoms with Gasteiger partial charge in [-0.05, 0) is 50.3 Å². The molecule has 1 aliphatic carbocycles. The van der Waals surface area contributed by atoms with Crippen LogP contribution in [0, 0.1) is 5.92 Å². The van der Waals surface area contributed by atoms with Crippen molar-refractivity contribution in [1.82, 2.24) is 4.90 Å². The molecule has 0 unspecified atom stereocenters. The van der Waals surface area contributed by atoms with E-state index in [4.69, 9.17) is 4.74 Å². The van der Waals surface area contributed by atoms with Gasteiger partial charge < -0.3 is 14.7 Å². The van der Waals surface area contributed by atoms with Gasteiger partial charge in [0, 0.05) is 13.6 Å². The first-order valence-electron chi connectivity index (χ1n) is 7.06. The summed E-state index contributed by atoms with van der Waals surface area (Å²) in [6.07, 6.45) is 2.47. The molecular weight excluding hydrogens is 254 g/mol. The molecule has 1 N–H and O–H groups in total. The quantitative estimate of drug-likeness (QED) is 0.867. The van der Waals surface area contributed by atoms with Crippen LogP contribution in [0.3, 0.4) is 0 Å². The van der Waals surface area contributed by atoms with Crippen molar-refractivity contribution in [3.63, 3.8) is 0 Å². The van der Waals surface area contributed by atoms with Gasteiger partial charge in [0.15, 0.2) is 6.61 Å². The van der Waals surface area contributed by atoms with E-state index in [0.717, 1.165) is 12.1 Å². The third-order valence-corrected chi connectivity index (χ3v) is 3.58. The fraction of sp³-hybridized carbons (Fsp3) is 0.562. The van der Waals surface area contributed by atoms with E-state index in [9.17, 15) is 9.90 Å². The number of carbonyl (C=O) groups excluding carboxylic acids is 1. The Kier molecular flexibility index (Phi) is 4.33. The number of hydrogen-bond donors (Lipinski definition) is 1. The smallest absolute Gasteiger partial charge is 0.260 e. The van der Waals surface area contributed by atoms with Gasteiger partial charge in [-0.2, -0.15) is 0 Å². The zero-order valence-electron chi connectivity index (χ0n) is 12.4. The molecular formula is C16H23NO3. The van der Waals surface area contributed by atoms with Gasteiger partial charge in [0.2, 0.25) is 0 Å². The van der Waals surface area contributed by atoms with Crippen LogP contribution in [0.25, 0.3) is 0 Å². The Bertz CT molecular complexity index is 458. The number of nitrogens with zero attached hydrogens (tertiary/aromatic N) is 1. The highest BCUT2D eigenvalue weighted by Gasteiger charge is 2.24. The highest BCUT2D eigenvalue weighted by molar-refractivity contribution is 5.77. The van der Waals surface area contributed by atoms with Crippen molar-refractivity contribution in [2.45, 2.75) is 32.3 Å². The first-order valence-corrected chi connectivity index (χ1v) is 7.06. The molecule has 2 rings (SSSR count). The standard InChI is InChI=1S/C16H23NO3/c1-16(2,19)13-6-8-14(9-7-13)20-11-15(18)17(3)10-12-4-5-12/h6-9,12,19H,4-5,10-11H2,1-3H3. The summed E-state index contributed by atoms with van der Waals surface area (Å²) in [6, 6.07) is 7.18. The van der Waals surface area contributed by atoms with Gasteiger partial charge in [-0.1, -0.05) is 12.1 Å². The van der Waals surface area contributed by atoms with Crippen LogP contribution >= 0.6 is 0 Å². The molecule has 1 aromatic carbocycles. The molecule has 1 fully saturated rings. The van der Waals surface area contributed by atoms with E-state index in [1.54, 1.807) is 30.9 Å². The Labute approximate surface area is 120 Å². The predicted octanol–water partition coefficient (Wildman–Crippen LogP) is 2.16. The summed E-state index contributed by atoms with van der Waals surface area (Å²) in [5, 5.41) is 9.86. The molecule has 4 heteroatoms. The van der Waals surface area contributed by atoms with Crippen molar-refractivity contribution in [3.8, 4) is 5.75 Å². The Hall–Kier alpha value is -1.55. The molecule has 1 amide bonds. The second-order valence-electron chi connectivity index (χ2n) is 6.09. The van der Waals surface area contributed by atoms with Gasteiger partial charge in [-0.25, -0.2) is 0 Å². The molecule has 110 valence electrons. The predicted molar refractivity (Wildman–Crippen MR) is 77.5 cm³/mol. The molecule has 0 heterocycles. The van der Waals surface area contributed by atoms with Crippen LogP contribution in [0.5, 0.6) is 5.75 Å². The Morgan fingerprint density at radius 1 is 1.35 bits per heavy atom. The number of likely N-dealkylation sites (N-methyl/N-ethyl adjacent to an activating group) is 1. The third-order valence-electron chi connectivity index (χ3n) is 3.58. The lowest BCUT2D eigenvalue weighted by Crippen LogP contribution is -2.33. The van der Waals surface area contributed by atoms with E-state index in [0.29, 0.717) is 11.7 Å². The van der Waals surface area contributed by atoms with Crippen LogP contribution in [-0.2, 0) is 10.4 Å². The largest absolute Gasteiger partial charge is 0.484 e. The number of rotatable bonds is 6. The number of aliphatic hydroxyl groups is 1. The topological polar surface area (TPSA) is 49.8 Å². The van der Waals surface area contributed by atoms with Crippen LogP contribution in [0.1, 0.15) is 32.3 Å². The second kappa shape index (κ2) is 5.83. The van der Waals surface area contributed by atoms with E-state index in [2.05, 4.69) is 0 Å². The maximum Gasteiger partial charge on any atom is 0.260 e. The first kappa shape index (κ1) is 14.9. The molecule has 20 heavy (non-hydrogen) atoms. The van der Waals surface area contributed by atoms with Crippen LogP contribution in [0.4, 0.5) is 0 Å². The monoisotopic (exact) mass is 277 g/mol. The summed E-state index contributed by atoms with van der Waals surface area (Å²) in [6.45, 7) is 4.36. The lowest BCUT2D eigenvalue weighted by molar-refractivity contribution is -0.132. The molecule has 0 bridgehead atoms. The third kappa shape index (κ3) is 4.23. The molecule has 0 atom stereocenters. The molecule has 1 saturated carbocycles. The Balaban J connectivity index is 1.82. The molecule has 0 aliphatic heterocycles. The van der Waals surface area contributed by atoms with E-state index < -0.39 is 5.60 Å². The van der Waals surface area contributed by atoms with Crippen molar-refractivity contribution in [2.75, 3.05) is 20.2 Å². The Morgan fingerprint density at radius 3 is 2.45 bits per heavy atom. The van der Waals surface area contributed by atoms with Crippen molar-refractivity contribution in [1.29, 1.82) is 0 Å². The number of amides is 1. The lowest BCUT2D eigenvalue weighted by Gasteiger charge is -2.19. The number of ether oxygens (including phenoxy) is 1. The first-order chi connectivity index (χ1) is 9.36. The van der Waals surface area contributed by atoms with Gasteiger partial charge in [0.25, 0.3) is 5.91 Å². The van der Waals surface area contributed by atoms with Crippen molar-refractivity contribution in [3.05, 3.63) is 29.8 Å². The average Bonchev–Trinajstić information content (AvgIpc) is 3.19. The lowest BCUT2D eigenvalue weighted by atomic mass is 9.99. The fourth-order valence-electron chi connectivity index (χ4n) is 2.00. The van der Waals surface area contributed by atoms with Gasteiger partial charge >= 0.3 is 0 Å². The van der Waals surface area contributed by atoms with Gasteiger partial charge in [0.1, 0.15) is 5.75 Å². The molecule has 0 spiro atoms. The van der Waals surface area contributed by atoms with Crippen molar-refractivity contribution in [2.24, 2.45) is 5.92 Å². The number of carbonyl (C=O) groups is 1. The molecule has 0 saturated heterocycles. The van der Waals surface area contributed by atoms with E-state index >= 15 is 0 Å². The van der Waals surface area contributed by atoms with Crippen LogP contribution in [-0.4, -0.2) is 36.1 Å². The highest BCUT2D eigenvalue weighted by Crippen LogP contribution is 2.29. The minimum absolute atomic E-state index is 0.00321. The summed E-state index contributed by atoms with van der Waals surface area (Å²) >= 11 is 0.